The van der Waals surface area contributed by atoms with E-state index < -0.39 is 11.9 Å². The molecule has 0 radical (unpaired) electrons. The summed E-state index contributed by atoms with van der Waals surface area (Å²) in [5.74, 6) is -0.497. The van der Waals surface area contributed by atoms with Gasteiger partial charge in [0.05, 0.1) is 18.1 Å². The minimum atomic E-state index is -0.839. The summed E-state index contributed by atoms with van der Waals surface area (Å²) in [5.41, 5.74) is 0.975. The molecule has 1 saturated heterocycles. The van der Waals surface area contributed by atoms with Gasteiger partial charge in [0.15, 0.2) is 0 Å². The molecule has 2 N–H and O–H groups in total. The number of urea groups is 1. The molecule has 1 fully saturated rings. The molecule has 1 heterocycles. The number of hydrogen-bond acceptors (Lipinski definition) is 3. The third kappa shape index (κ3) is 4.61. The molecule has 2 unspecified atom stereocenters. The van der Waals surface area contributed by atoms with Gasteiger partial charge in [0, 0.05) is 13.1 Å². The summed E-state index contributed by atoms with van der Waals surface area (Å²) in [7, 11) is 0. The van der Waals surface area contributed by atoms with Gasteiger partial charge in [-0.1, -0.05) is 12.1 Å². The van der Waals surface area contributed by atoms with Crippen molar-refractivity contribution in [3.8, 4) is 5.75 Å². The van der Waals surface area contributed by atoms with Gasteiger partial charge in [0.25, 0.3) is 0 Å². The minimum Gasteiger partial charge on any atom is -0.491 e. The van der Waals surface area contributed by atoms with Gasteiger partial charge in [-0.2, -0.15) is 0 Å². The fourth-order valence-corrected chi connectivity index (χ4v) is 2.61. The Kier molecular flexibility index (Phi) is 5.47. The number of carbonyl (C=O) groups excluding carboxylic acids is 1. The molecule has 0 aromatic heterocycles. The minimum absolute atomic E-state index is 0.121. The van der Waals surface area contributed by atoms with Crippen molar-refractivity contribution < 1.29 is 19.4 Å². The zero-order valence-corrected chi connectivity index (χ0v) is 13.8. The third-order valence-corrected chi connectivity index (χ3v) is 3.92. The Hall–Kier alpha value is -2.24. The van der Waals surface area contributed by atoms with Gasteiger partial charge >= 0.3 is 12.0 Å². The lowest BCUT2D eigenvalue weighted by molar-refractivity contribution is -0.141. The quantitative estimate of drug-likeness (QED) is 0.874. The van der Waals surface area contributed by atoms with Crippen molar-refractivity contribution in [1.82, 2.24) is 10.2 Å². The molecule has 1 aliphatic heterocycles. The molecule has 1 aromatic carbocycles. The van der Waals surface area contributed by atoms with Gasteiger partial charge in [-0.3, -0.25) is 4.79 Å². The zero-order valence-electron chi connectivity index (χ0n) is 13.8. The first-order valence-electron chi connectivity index (χ1n) is 7.91. The van der Waals surface area contributed by atoms with Crippen LogP contribution in [-0.4, -0.2) is 41.2 Å². The van der Waals surface area contributed by atoms with E-state index in [1.807, 2.05) is 45.0 Å². The van der Waals surface area contributed by atoms with Gasteiger partial charge in [0.2, 0.25) is 0 Å². The molecule has 6 nitrogen and oxygen atoms in total. The third-order valence-electron chi connectivity index (χ3n) is 3.92. The van der Waals surface area contributed by atoms with Crippen LogP contribution in [0.2, 0.25) is 0 Å². The Morgan fingerprint density at radius 1 is 1.26 bits per heavy atom. The lowest BCUT2D eigenvalue weighted by atomic mass is 10.1. The maximum absolute atomic E-state index is 12.2. The SMILES string of the molecule is CC(C)Oc1ccc(C(C)NC(=O)N2CCC(C(=O)O)C2)cc1. The standard InChI is InChI=1S/C17H24N2O4/c1-11(2)23-15-6-4-13(5-7-15)12(3)18-17(22)19-9-8-14(10-19)16(20)21/h4-7,11-12,14H,8-10H2,1-3H3,(H,18,22)(H,20,21). The van der Waals surface area contributed by atoms with E-state index in [1.54, 1.807) is 4.90 Å². The van der Waals surface area contributed by atoms with Gasteiger partial charge in [-0.15, -0.1) is 0 Å². The topological polar surface area (TPSA) is 78.9 Å². The Morgan fingerprint density at radius 3 is 2.43 bits per heavy atom. The highest BCUT2D eigenvalue weighted by molar-refractivity contribution is 5.77. The van der Waals surface area contributed by atoms with Gasteiger partial charge < -0.3 is 20.1 Å². The number of carboxylic acids is 1. The second kappa shape index (κ2) is 7.35. The molecule has 1 aromatic rings. The number of nitrogens with one attached hydrogen (secondary N) is 1. The van der Waals surface area contributed by atoms with Crippen LogP contribution in [0, 0.1) is 5.92 Å². The van der Waals surface area contributed by atoms with E-state index in [0.29, 0.717) is 13.0 Å². The van der Waals surface area contributed by atoms with Crippen molar-refractivity contribution in [3.05, 3.63) is 29.8 Å². The van der Waals surface area contributed by atoms with E-state index in [-0.39, 0.29) is 24.7 Å². The van der Waals surface area contributed by atoms with E-state index in [4.69, 9.17) is 9.84 Å². The second-order valence-electron chi connectivity index (χ2n) is 6.18. The predicted molar refractivity (Wildman–Crippen MR) is 86.5 cm³/mol. The van der Waals surface area contributed by atoms with Crippen LogP contribution in [0.15, 0.2) is 24.3 Å². The highest BCUT2D eigenvalue weighted by Crippen LogP contribution is 2.20. The van der Waals surface area contributed by atoms with Crippen molar-refractivity contribution in [3.63, 3.8) is 0 Å². The largest absolute Gasteiger partial charge is 0.491 e. The smallest absolute Gasteiger partial charge is 0.317 e. The maximum Gasteiger partial charge on any atom is 0.317 e. The van der Waals surface area contributed by atoms with E-state index in [9.17, 15) is 9.59 Å². The molecule has 0 aliphatic carbocycles. The molecule has 1 aliphatic rings. The van der Waals surface area contributed by atoms with Crippen LogP contribution in [-0.2, 0) is 4.79 Å². The number of rotatable bonds is 5. The van der Waals surface area contributed by atoms with Crippen LogP contribution >= 0.6 is 0 Å². The second-order valence-corrected chi connectivity index (χ2v) is 6.18. The summed E-state index contributed by atoms with van der Waals surface area (Å²) in [6.45, 7) is 6.60. The molecule has 2 rings (SSSR count). The zero-order chi connectivity index (χ0) is 17.0. The normalized spacial score (nSPS) is 18.8. The van der Waals surface area contributed by atoms with E-state index in [0.717, 1.165) is 11.3 Å². The van der Waals surface area contributed by atoms with Gasteiger partial charge in [-0.25, -0.2) is 4.79 Å². The molecule has 0 bridgehead atoms. The van der Waals surface area contributed by atoms with Crippen molar-refractivity contribution in [2.24, 2.45) is 5.92 Å². The number of nitrogens with zero attached hydrogens (tertiary/aromatic N) is 1. The Morgan fingerprint density at radius 2 is 1.91 bits per heavy atom. The molecular formula is C17H24N2O4. The number of amides is 2. The monoisotopic (exact) mass is 320 g/mol. The predicted octanol–water partition coefficient (Wildman–Crippen LogP) is 2.65. The first-order valence-corrected chi connectivity index (χ1v) is 7.91. The van der Waals surface area contributed by atoms with Crippen LogP contribution in [0.5, 0.6) is 5.75 Å². The molecule has 126 valence electrons. The van der Waals surface area contributed by atoms with Crippen LogP contribution in [0.1, 0.15) is 38.8 Å². The van der Waals surface area contributed by atoms with Crippen molar-refractivity contribution in [2.45, 2.75) is 39.3 Å². The fourth-order valence-electron chi connectivity index (χ4n) is 2.61. The Labute approximate surface area is 136 Å². The first kappa shape index (κ1) is 17.1. The van der Waals surface area contributed by atoms with Gasteiger partial charge in [-0.05, 0) is 44.9 Å². The van der Waals surface area contributed by atoms with Crippen LogP contribution in [0.3, 0.4) is 0 Å². The molecule has 6 heteroatoms. The van der Waals surface area contributed by atoms with E-state index >= 15 is 0 Å². The van der Waals surface area contributed by atoms with Crippen LogP contribution < -0.4 is 10.1 Å². The number of carbonyl (C=O) groups is 2. The van der Waals surface area contributed by atoms with Crippen LogP contribution in [0.4, 0.5) is 4.79 Å². The number of aliphatic carboxylic acids is 1. The van der Waals surface area contributed by atoms with E-state index in [1.165, 1.54) is 0 Å². The first-order chi connectivity index (χ1) is 10.9. The molecule has 0 saturated carbocycles. The highest BCUT2D eigenvalue weighted by atomic mass is 16.5. The Balaban J connectivity index is 1.90. The van der Waals surface area contributed by atoms with Crippen LogP contribution in [0.25, 0.3) is 0 Å². The summed E-state index contributed by atoms with van der Waals surface area (Å²) in [6, 6.07) is 7.24. The summed E-state index contributed by atoms with van der Waals surface area (Å²) in [4.78, 5) is 24.7. The van der Waals surface area contributed by atoms with Crippen molar-refractivity contribution in [2.75, 3.05) is 13.1 Å². The fraction of sp³-hybridized carbons (Fsp3) is 0.529. The summed E-state index contributed by atoms with van der Waals surface area (Å²) >= 11 is 0. The molecule has 23 heavy (non-hydrogen) atoms. The molecular weight excluding hydrogens is 296 g/mol. The lowest BCUT2D eigenvalue weighted by Gasteiger charge is -2.21. The summed E-state index contributed by atoms with van der Waals surface area (Å²) in [5, 5.41) is 11.9. The molecule has 0 spiro atoms. The van der Waals surface area contributed by atoms with Gasteiger partial charge in [0.1, 0.15) is 5.75 Å². The van der Waals surface area contributed by atoms with Crippen molar-refractivity contribution in [1.29, 1.82) is 0 Å². The Bertz CT molecular complexity index is 556. The number of likely N-dealkylation sites (tertiary alicyclic amines) is 1. The number of hydrogen-bond donors (Lipinski definition) is 2. The summed E-state index contributed by atoms with van der Waals surface area (Å²) < 4.78 is 5.59. The average molecular weight is 320 g/mol. The number of benzene rings is 1. The summed E-state index contributed by atoms with van der Waals surface area (Å²) in [6.07, 6.45) is 0.633. The number of ether oxygens (including phenoxy) is 1. The van der Waals surface area contributed by atoms with Crippen molar-refractivity contribution >= 4 is 12.0 Å². The average Bonchev–Trinajstić information content (AvgIpc) is 2.97. The highest BCUT2D eigenvalue weighted by Gasteiger charge is 2.31. The van der Waals surface area contributed by atoms with E-state index in [2.05, 4.69) is 5.32 Å². The number of carboxylic acid groups (broad SMARTS) is 1. The molecule has 2 atom stereocenters. The maximum atomic E-state index is 12.2. The lowest BCUT2D eigenvalue weighted by Crippen LogP contribution is -2.40. The molecule has 2 amide bonds.